The molecule has 3 aromatic rings. The molecule has 0 atom stereocenters. The highest BCUT2D eigenvalue weighted by Gasteiger charge is 2.22. The van der Waals surface area contributed by atoms with Crippen molar-refractivity contribution in [1.82, 2.24) is 15.0 Å². The minimum Gasteiger partial charge on any atom is -0.497 e. The van der Waals surface area contributed by atoms with E-state index in [-0.39, 0.29) is 17.0 Å². The van der Waals surface area contributed by atoms with Crippen molar-refractivity contribution in [2.24, 2.45) is 0 Å². The van der Waals surface area contributed by atoms with E-state index in [1.165, 1.54) is 11.6 Å². The van der Waals surface area contributed by atoms with E-state index in [9.17, 15) is 9.59 Å². The van der Waals surface area contributed by atoms with Crippen LogP contribution in [-0.2, 0) is 10.2 Å². The van der Waals surface area contributed by atoms with Crippen LogP contribution in [-0.4, -0.2) is 41.0 Å². The summed E-state index contributed by atoms with van der Waals surface area (Å²) in [4.78, 5) is 24.8. The molecule has 1 aromatic heterocycles. The number of anilines is 2. The topological polar surface area (TPSA) is 107 Å². The lowest BCUT2D eigenvalue weighted by atomic mass is 9.86. The van der Waals surface area contributed by atoms with Gasteiger partial charge in [0.2, 0.25) is 5.91 Å². The summed E-state index contributed by atoms with van der Waals surface area (Å²) in [7, 11) is 3.12. The second-order valence-corrected chi connectivity index (χ2v) is 8.62. The predicted octanol–water partition coefficient (Wildman–Crippen LogP) is 4.10. The second kappa shape index (κ2) is 9.32. The Bertz CT molecular complexity index is 1190. The molecule has 0 saturated heterocycles. The minimum absolute atomic E-state index is 0.143. The fourth-order valence-electron chi connectivity index (χ4n) is 3.32. The van der Waals surface area contributed by atoms with Crippen LogP contribution in [0.15, 0.2) is 36.4 Å². The van der Waals surface area contributed by atoms with Crippen molar-refractivity contribution in [3.63, 3.8) is 0 Å². The van der Waals surface area contributed by atoms with Gasteiger partial charge in [-0.15, -0.1) is 5.10 Å². The quantitative estimate of drug-likeness (QED) is 0.584. The van der Waals surface area contributed by atoms with E-state index in [4.69, 9.17) is 9.47 Å². The van der Waals surface area contributed by atoms with Crippen molar-refractivity contribution in [3.8, 4) is 17.2 Å². The molecular formula is C24H29N5O4. The fraction of sp³-hybridized carbons (Fsp3) is 0.333. The number of methoxy groups -OCH3 is 2. The Morgan fingerprint density at radius 1 is 0.970 bits per heavy atom. The molecule has 33 heavy (non-hydrogen) atoms. The molecule has 0 saturated carbocycles. The number of ether oxygens (including phenoxy) is 2. The van der Waals surface area contributed by atoms with Gasteiger partial charge in [0.15, 0.2) is 5.69 Å². The van der Waals surface area contributed by atoms with Crippen LogP contribution < -0.4 is 20.1 Å². The molecule has 174 valence electrons. The number of amides is 2. The molecule has 0 aliphatic carbocycles. The number of rotatable bonds is 6. The summed E-state index contributed by atoms with van der Waals surface area (Å²) in [5, 5.41) is 13.9. The van der Waals surface area contributed by atoms with E-state index in [2.05, 4.69) is 41.7 Å². The highest BCUT2D eigenvalue weighted by molar-refractivity contribution is 6.06. The number of carbonyl (C=O) groups is 2. The lowest BCUT2D eigenvalue weighted by Crippen LogP contribution is -2.18. The molecule has 2 N–H and O–H groups in total. The molecule has 9 heteroatoms. The van der Waals surface area contributed by atoms with Crippen LogP contribution in [0.5, 0.6) is 11.5 Å². The number of nitrogens with one attached hydrogen (secondary N) is 2. The fourth-order valence-corrected chi connectivity index (χ4v) is 3.32. The Hall–Kier alpha value is -3.88. The van der Waals surface area contributed by atoms with Crippen molar-refractivity contribution < 1.29 is 19.1 Å². The molecule has 3 rings (SSSR count). The van der Waals surface area contributed by atoms with Crippen LogP contribution in [0.25, 0.3) is 5.69 Å². The third-order valence-electron chi connectivity index (χ3n) is 5.17. The molecule has 0 spiro atoms. The molecule has 2 amide bonds. The first-order valence-electron chi connectivity index (χ1n) is 10.4. The monoisotopic (exact) mass is 451 g/mol. The molecule has 1 heterocycles. The molecule has 0 fully saturated rings. The zero-order valence-corrected chi connectivity index (χ0v) is 19.9. The summed E-state index contributed by atoms with van der Waals surface area (Å²) < 4.78 is 12.3. The van der Waals surface area contributed by atoms with Gasteiger partial charge < -0.3 is 20.1 Å². The molecule has 0 aliphatic rings. The maximum Gasteiger partial charge on any atom is 0.278 e. The molecular weight excluding hydrogens is 422 g/mol. The summed E-state index contributed by atoms with van der Waals surface area (Å²) in [6, 6.07) is 10.8. The molecule has 2 aromatic carbocycles. The SMILES string of the molecule is COc1ccc(OC)c(-n2nnc(C(=O)Nc3cc(C(C)(C)C)ccc3NC(C)=O)c2C)c1. The maximum absolute atomic E-state index is 13.2. The Balaban J connectivity index is 1.99. The number of hydrogen-bond acceptors (Lipinski definition) is 6. The third-order valence-corrected chi connectivity index (χ3v) is 5.17. The van der Waals surface area contributed by atoms with Crippen molar-refractivity contribution >= 4 is 23.2 Å². The Kier molecular flexibility index (Phi) is 6.71. The van der Waals surface area contributed by atoms with Gasteiger partial charge in [-0.1, -0.05) is 32.1 Å². The van der Waals surface area contributed by atoms with Gasteiger partial charge in [0.25, 0.3) is 5.91 Å². The van der Waals surface area contributed by atoms with Crippen LogP contribution in [0.2, 0.25) is 0 Å². The molecule has 0 unspecified atom stereocenters. The number of carbonyl (C=O) groups excluding carboxylic acids is 2. The van der Waals surface area contributed by atoms with Gasteiger partial charge in [0.1, 0.15) is 17.2 Å². The van der Waals surface area contributed by atoms with Crippen LogP contribution in [0.4, 0.5) is 11.4 Å². The van der Waals surface area contributed by atoms with Crippen LogP contribution >= 0.6 is 0 Å². The van der Waals surface area contributed by atoms with E-state index in [1.807, 2.05) is 12.1 Å². The van der Waals surface area contributed by atoms with Crippen molar-refractivity contribution in [3.05, 3.63) is 53.3 Å². The zero-order valence-electron chi connectivity index (χ0n) is 19.9. The summed E-state index contributed by atoms with van der Waals surface area (Å²) in [5.41, 5.74) is 3.11. The van der Waals surface area contributed by atoms with Crippen molar-refractivity contribution in [2.75, 3.05) is 24.9 Å². The smallest absolute Gasteiger partial charge is 0.278 e. The Morgan fingerprint density at radius 3 is 2.30 bits per heavy atom. The third kappa shape index (κ3) is 5.14. The normalized spacial score (nSPS) is 11.1. The second-order valence-electron chi connectivity index (χ2n) is 8.62. The molecule has 0 aliphatic heterocycles. The average Bonchev–Trinajstić information content (AvgIpc) is 3.14. The molecule has 9 nitrogen and oxygen atoms in total. The number of benzene rings is 2. The average molecular weight is 452 g/mol. The zero-order chi connectivity index (χ0) is 24.3. The first-order valence-corrected chi connectivity index (χ1v) is 10.4. The van der Waals surface area contributed by atoms with Crippen LogP contribution in [0.1, 0.15) is 49.4 Å². The van der Waals surface area contributed by atoms with Gasteiger partial charge in [-0.05, 0) is 42.2 Å². The summed E-state index contributed by atoms with van der Waals surface area (Å²) in [6.07, 6.45) is 0. The summed E-state index contributed by atoms with van der Waals surface area (Å²) >= 11 is 0. The van der Waals surface area contributed by atoms with E-state index in [0.717, 1.165) is 5.56 Å². The van der Waals surface area contributed by atoms with Crippen LogP contribution in [0, 0.1) is 6.92 Å². The van der Waals surface area contributed by atoms with E-state index in [0.29, 0.717) is 34.3 Å². The standard InChI is InChI=1S/C24H29N5O4/c1-14-22(27-28-29(14)20-13-17(32-6)9-11-21(20)33-7)23(31)26-19-12-16(24(3,4)5)8-10-18(19)25-15(2)30/h8-13H,1-7H3,(H,25,30)(H,26,31). The lowest BCUT2D eigenvalue weighted by molar-refractivity contribution is -0.114. The van der Waals surface area contributed by atoms with Crippen LogP contribution in [0.3, 0.4) is 0 Å². The van der Waals surface area contributed by atoms with Gasteiger partial charge in [-0.25, -0.2) is 4.68 Å². The molecule has 0 radical (unpaired) electrons. The Labute approximate surface area is 193 Å². The van der Waals surface area contributed by atoms with E-state index < -0.39 is 5.91 Å². The Morgan fingerprint density at radius 2 is 1.70 bits per heavy atom. The first-order chi connectivity index (χ1) is 15.5. The van der Waals surface area contributed by atoms with Gasteiger partial charge in [0, 0.05) is 13.0 Å². The summed E-state index contributed by atoms with van der Waals surface area (Å²) in [5.74, 6) is 0.492. The highest BCUT2D eigenvalue weighted by atomic mass is 16.5. The van der Waals surface area contributed by atoms with E-state index in [1.54, 1.807) is 45.4 Å². The number of hydrogen-bond donors (Lipinski definition) is 2. The maximum atomic E-state index is 13.2. The van der Waals surface area contributed by atoms with Gasteiger partial charge in [-0.2, -0.15) is 0 Å². The van der Waals surface area contributed by atoms with Gasteiger partial charge in [-0.3, -0.25) is 9.59 Å². The van der Waals surface area contributed by atoms with E-state index >= 15 is 0 Å². The minimum atomic E-state index is -0.446. The molecule has 0 bridgehead atoms. The van der Waals surface area contributed by atoms with Crippen molar-refractivity contribution in [1.29, 1.82) is 0 Å². The van der Waals surface area contributed by atoms with Gasteiger partial charge in [0.05, 0.1) is 31.3 Å². The number of nitrogens with zero attached hydrogens (tertiary/aromatic N) is 3. The summed E-state index contributed by atoms with van der Waals surface area (Å²) in [6.45, 7) is 9.38. The van der Waals surface area contributed by atoms with Gasteiger partial charge >= 0.3 is 0 Å². The largest absolute Gasteiger partial charge is 0.497 e. The van der Waals surface area contributed by atoms with Crippen molar-refractivity contribution in [2.45, 2.75) is 40.0 Å². The first kappa shape index (κ1) is 23.8. The predicted molar refractivity (Wildman–Crippen MR) is 127 cm³/mol. The number of aromatic nitrogens is 3. The highest BCUT2D eigenvalue weighted by Crippen LogP contribution is 2.31. The lowest BCUT2D eigenvalue weighted by Gasteiger charge is -2.21.